The van der Waals surface area contributed by atoms with Gasteiger partial charge in [0.15, 0.2) is 0 Å². The second-order valence-corrected chi connectivity index (χ2v) is 3.31. The number of carboxylic acid groups (broad SMARTS) is 1. The Kier molecular flexibility index (Phi) is 2.28. The number of benzene rings is 2. The van der Waals surface area contributed by atoms with Gasteiger partial charge in [0.05, 0.1) is 10.5 Å². The van der Waals surface area contributed by atoms with Gasteiger partial charge in [-0.2, -0.15) is 0 Å². The van der Waals surface area contributed by atoms with Gasteiger partial charge in [0.25, 0.3) is 5.69 Å². The highest BCUT2D eigenvalue weighted by molar-refractivity contribution is 5.95. The molecule has 0 atom stereocenters. The fraction of sp³-hybridized carbons (Fsp3) is 0. The minimum atomic E-state index is -1.05. The van der Waals surface area contributed by atoms with E-state index >= 15 is 0 Å². The molecule has 0 amide bonds. The number of nitrogens with zero attached hydrogens (tertiary/aromatic N) is 1. The molecular formula is C11H7NO4. The van der Waals surface area contributed by atoms with Gasteiger partial charge in [-0.1, -0.05) is 6.07 Å². The lowest BCUT2D eigenvalue weighted by atomic mass is 10.1. The maximum absolute atomic E-state index is 10.7. The van der Waals surface area contributed by atoms with E-state index in [4.69, 9.17) is 5.11 Å². The Morgan fingerprint density at radius 3 is 2.44 bits per heavy atom. The molecule has 2 rings (SSSR count). The normalized spacial score (nSPS) is 10.2. The average Bonchev–Trinajstić information content (AvgIpc) is 2.27. The first-order chi connectivity index (χ1) is 7.58. The van der Waals surface area contributed by atoms with Gasteiger partial charge in [0.2, 0.25) is 0 Å². The molecule has 16 heavy (non-hydrogen) atoms. The number of non-ortho nitro benzene ring substituents is 1. The first-order valence-corrected chi connectivity index (χ1v) is 4.49. The summed E-state index contributed by atoms with van der Waals surface area (Å²) in [5, 5.41) is 20.7. The van der Waals surface area contributed by atoms with Crippen molar-refractivity contribution in [3.8, 4) is 0 Å². The van der Waals surface area contributed by atoms with Crippen LogP contribution >= 0.6 is 0 Å². The maximum Gasteiger partial charge on any atom is 0.335 e. The third-order valence-electron chi connectivity index (χ3n) is 2.28. The summed E-state index contributed by atoms with van der Waals surface area (Å²) in [4.78, 5) is 20.8. The minimum absolute atomic E-state index is 0.0463. The topological polar surface area (TPSA) is 80.4 Å². The molecule has 2 aromatic carbocycles. The van der Waals surface area contributed by atoms with Crippen molar-refractivity contribution in [3.63, 3.8) is 0 Å². The lowest BCUT2D eigenvalue weighted by Gasteiger charge is -1.99. The molecule has 5 heteroatoms. The monoisotopic (exact) mass is 217 g/mol. The second-order valence-electron chi connectivity index (χ2n) is 3.31. The van der Waals surface area contributed by atoms with Gasteiger partial charge >= 0.3 is 5.97 Å². The molecule has 5 nitrogen and oxygen atoms in total. The maximum atomic E-state index is 10.7. The SMILES string of the molecule is O=C(O)c1ccc2ccc([N+](=O)[O-])cc2c1. The Hall–Kier alpha value is -2.43. The molecule has 0 aromatic heterocycles. The highest BCUT2D eigenvalue weighted by Crippen LogP contribution is 2.21. The van der Waals surface area contributed by atoms with E-state index in [1.165, 1.54) is 24.3 Å². The predicted octanol–water partition coefficient (Wildman–Crippen LogP) is 2.45. The van der Waals surface area contributed by atoms with Gasteiger partial charge in [0.1, 0.15) is 0 Å². The van der Waals surface area contributed by atoms with Gasteiger partial charge in [-0.05, 0) is 29.0 Å². The van der Waals surface area contributed by atoms with E-state index in [9.17, 15) is 14.9 Å². The van der Waals surface area contributed by atoms with E-state index in [0.29, 0.717) is 5.39 Å². The Morgan fingerprint density at radius 2 is 1.81 bits per heavy atom. The zero-order chi connectivity index (χ0) is 11.7. The van der Waals surface area contributed by atoms with E-state index in [-0.39, 0.29) is 11.3 Å². The molecule has 0 fully saturated rings. The third-order valence-corrected chi connectivity index (χ3v) is 2.28. The first-order valence-electron chi connectivity index (χ1n) is 4.49. The molecule has 0 aliphatic carbocycles. The second kappa shape index (κ2) is 3.62. The van der Waals surface area contributed by atoms with Crippen molar-refractivity contribution in [2.24, 2.45) is 0 Å². The molecule has 0 bridgehead atoms. The van der Waals surface area contributed by atoms with Crippen molar-refractivity contribution in [1.82, 2.24) is 0 Å². The summed E-state index contributed by atoms with van der Waals surface area (Å²) in [6.07, 6.45) is 0. The fourth-order valence-corrected chi connectivity index (χ4v) is 1.48. The van der Waals surface area contributed by atoms with Crippen molar-refractivity contribution in [2.45, 2.75) is 0 Å². The van der Waals surface area contributed by atoms with E-state index in [1.807, 2.05) is 0 Å². The molecule has 2 aromatic rings. The van der Waals surface area contributed by atoms with Crippen molar-refractivity contribution >= 4 is 22.4 Å². The molecule has 0 unspecified atom stereocenters. The summed E-state index contributed by atoms with van der Waals surface area (Å²) in [5.74, 6) is -1.05. The molecule has 0 aliphatic rings. The number of rotatable bonds is 2. The fourth-order valence-electron chi connectivity index (χ4n) is 1.48. The molecule has 80 valence electrons. The van der Waals surface area contributed by atoms with Crippen molar-refractivity contribution in [3.05, 3.63) is 52.1 Å². The Bertz CT molecular complexity index is 543. The van der Waals surface area contributed by atoms with Gasteiger partial charge < -0.3 is 5.11 Å². The summed E-state index contributed by atoms with van der Waals surface area (Å²) >= 11 is 0. The number of carboxylic acids is 1. The van der Waals surface area contributed by atoms with Crippen LogP contribution in [0.5, 0.6) is 0 Å². The van der Waals surface area contributed by atoms with Crippen LogP contribution < -0.4 is 0 Å². The van der Waals surface area contributed by atoms with Crippen LogP contribution in [0, 0.1) is 10.1 Å². The van der Waals surface area contributed by atoms with Crippen LogP contribution in [-0.4, -0.2) is 16.0 Å². The highest BCUT2D eigenvalue weighted by atomic mass is 16.6. The van der Waals surface area contributed by atoms with Crippen LogP contribution in [0.15, 0.2) is 36.4 Å². The highest BCUT2D eigenvalue weighted by Gasteiger charge is 2.08. The van der Waals surface area contributed by atoms with Crippen LogP contribution in [0.1, 0.15) is 10.4 Å². The van der Waals surface area contributed by atoms with E-state index < -0.39 is 10.9 Å². The number of nitro benzene ring substituents is 1. The Balaban J connectivity index is 2.65. The quantitative estimate of drug-likeness (QED) is 0.618. The molecule has 0 saturated carbocycles. The van der Waals surface area contributed by atoms with E-state index in [2.05, 4.69) is 0 Å². The van der Waals surface area contributed by atoms with Crippen molar-refractivity contribution < 1.29 is 14.8 Å². The zero-order valence-corrected chi connectivity index (χ0v) is 8.08. The summed E-state index contributed by atoms with van der Waals surface area (Å²) in [6, 6.07) is 8.87. The summed E-state index contributed by atoms with van der Waals surface area (Å²) in [7, 11) is 0. The van der Waals surface area contributed by atoms with Crippen LogP contribution in [0.2, 0.25) is 0 Å². The van der Waals surface area contributed by atoms with Crippen molar-refractivity contribution in [1.29, 1.82) is 0 Å². The summed E-state index contributed by atoms with van der Waals surface area (Å²) < 4.78 is 0. The molecule has 0 spiro atoms. The average molecular weight is 217 g/mol. The Labute approximate surface area is 90.1 Å². The molecule has 1 N–H and O–H groups in total. The van der Waals surface area contributed by atoms with Crippen LogP contribution in [0.3, 0.4) is 0 Å². The standard InChI is InChI=1S/C11H7NO4/c13-11(14)8-2-1-7-3-4-10(12(15)16)6-9(7)5-8/h1-6H,(H,13,14). The van der Waals surface area contributed by atoms with Crippen molar-refractivity contribution in [2.75, 3.05) is 0 Å². The lowest BCUT2D eigenvalue weighted by Crippen LogP contribution is -1.95. The van der Waals surface area contributed by atoms with Crippen LogP contribution in [0.25, 0.3) is 10.8 Å². The number of fused-ring (bicyclic) bond motifs is 1. The number of nitro groups is 1. The summed E-state index contributed by atoms with van der Waals surface area (Å²) in [5.41, 5.74) is 0.0723. The van der Waals surface area contributed by atoms with E-state index in [0.717, 1.165) is 5.39 Å². The zero-order valence-electron chi connectivity index (χ0n) is 8.08. The van der Waals surface area contributed by atoms with E-state index in [1.54, 1.807) is 12.1 Å². The Morgan fingerprint density at radius 1 is 1.12 bits per heavy atom. The van der Waals surface area contributed by atoms with Gasteiger partial charge in [-0.3, -0.25) is 10.1 Å². The third kappa shape index (κ3) is 1.70. The minimum Gasteiger partial charge on any atom is -0.478 e. The number of aromatic carboxylic acids is 1. The van der Waals surface area contributed by atoms with Crippen LogP contribution in [-0.2, 0) is 0 Å². The lowest BCUT2D eigenvalue weighted by molar-refractivity contribution is -0.384. The van der Waals surface area contributed by atoms with Gasteiger partial charge in [0, 0.05) is 12.1 Å². The molecule has 0 aliphatic heterocycles. The first kappa shape index (κ1) is 10.1. The summed E-state index contributed by atoms with van der Waals surface area (Å²) in [6.45, 7) is 0. The molecule has 0 saturated heterocycles. The van der Waals surface area contributed by atoms with Crippen LogP contribution in [0.4, 0.5) is 5.69 Å². The number of hydrogen-bond acceptors (Lipinski definition) is 3. The van der Waals surface area contributed by atoms with Gasteiger partial charge in [-0.25, -0.2) is 4.79 Å². The molecular weight excluding hydrogens is 210 g/mol. The number of hydrogen-bond donors (Lipinski definition) is 1. The largest absolute Gasteiger partial charge is 0.478 e. The molecule has 0 radical (unpaired) electrons. The molecule has 0 heterocycles. The number of carbonyl (C=O) groups is 1. The van der Waals surface area contributed by atoms with Gasteiger partial charge in [-0.15, -0.1) is 0 Å². The predicted molar refractivity (Wildman–Crippen MR) is 57.6 cm³/mol. The smallest absolute Gasteiger partial charge is 0.335 e.